The average Bonchev–Trinajstić information content (AvgIpc) is 3.33. The molecule has 5 aromatic rings. The van der Waals surface area contributed by atoms with Crippen molar-refractivity contribution >= 4 is 0 Å². The van der Waals surface area contributed by atoms with E-state index in [0.29, 0.717) is 23.5 Å². The van der Waals surface area contributed by atoms with Crippen LogP contribution in [-0.4, -0.2) is 25.3 Å². The van der Waals surface area contributed by atoms with Crippen LogP contribution in [0.5, 0.6) is 5.75 Å². The molecule has 0 aliphatic heterocycles. The number of benzene rings is 3. The molecule has 0 saturated heterocycles. The third-order valence-corrected chi connectivity index (χ3v) is 7.76. The second-order valence-corrected chi connectivity index (χ2v) is 10.1. The highest BCUT2D eigenvalue weighted by Crippen LogP contribution is 2.38. The fourth-order valence-corrected chi connectivity index (χ4v) is 5.48. The lowest BCUT2D eigenvalue weighted by Gasteiger charge is -2.20. The summed E-state index contributed by atoms with van der Waals surface area (Å²) in [5, 5.41) is 0. The van der Waals surface area contributed by atoms with Crippen molar-refractivity contribution in [3.63, 3.8) is 0 Å². The number of ether oxygens (including phenoxy) is 1. The topological polar surface area (TPSA) is 63.1 Å². The number of aromatic nitrogens is 4. The molecular formula is C33H36N4O3. The van der Waals surface area contributed by atoms with Crippen LogP contribution in [0.15, 0.2) is 94.5 Å². The van der Waals surface area contributed by atoms with E-state index in [9.17, 15) is 9.59 Å². The Bertz CT molecular complexity index is 1640. The maximum absolute atomic E-state index is 14.3. The Balaban J connectivity index is 1.83. The third kappa shape index (κ3) is 4.62. The first-order valence-electron chi connectivity index (χ1n) is 13.8. The Kier molecular flexibility index (Phi) is 7.65. The summed E-state index contributed by atoms with van der Waals surface area (Å²) in [4.78, 5) is 28.7. The molecule has 0 atom stereocenters. The third-order valence-electron chi connectivity index (χ3n) is 7.76. The largest absolute Gasteiger partial charge is 0.493 e. The van der Waals surface area contributed by atoms with Gasteiger partial charge in [0.1, 0.15) is 5.75 Å². The van der Waals surface area contributed by atoms with Crippen LogP contribution in [0, 0.1) is 13.8 Å². The molecule has 206 valence electrons. The van der Waals surface area contributed by atoms with E-state index in [1.54, 1.807) is 9.36 Å². The van der Waals surface area contributed by atoms with Crippen molar-refractivity contribution in [3.05, 3.63) is 134 Å². The zero-order valence-electron chi connectivity index (χ0n) is 23.8. The Hall–Kier alpha value is -4.52. The molecule has 0 radical (unpaired) electrons. The van der Waals surface area contributed by atoms with Gasteiger partial charge in [0.15, 0.2) is 0 Å². The summed E-state index contributed by atoms with van der Waals surface area (Å²) in [7, 11) is 3.77. The summed E-state index contributed by atoms with van der Waals surface area (Å²) in [6.07, 6.45) is 1.92. The van der Waals surface area contributed by atoms with E-state index >= 15 is 0 Å². The number of para-hydroxylation sites is 3. The number of nitrogens with zero attached hydrogens (tertiary/aromatic N) is 4. The van der Waals surface area contributed by atoms with Crippen molar-refractivity contribution in [2.45, 2.75) is 39.5 Å². The van der Waals surface area contributed by atoms with E-state index in [-0.39, 0.29) is 11.1 Å². The van der Waals surface area contributed by atoms with Crippen LogP contribution >= 0.6 is 0 Å². The quantitative estimate of drug-likeness (QED) is 0.229. The maximum Gasteiger partial charge on any atom is 0.275 e. The van der Waals surface area contributed by atoms with Gasteiger partial charge in [0.2, 0.25) is 0 Å². The van der Waals surface area contributed by atoms with Crippen LogP contribution in [0.4, 0.5) is 0 Å². The Morgan fingerprint density at radius 1 is 0.675 bits per heavy atom. The molecule has 0 bridgehead atoms. The Labute approximate surface area is 234 Å². The van der Waals surface area contributed by atoms with Gasteiger partial charge >= 0.3 is 0 Å². The molecule has 0 spiro atoms. The SMILES string of the molecule is CCCCOc1ccccc1C(c1c(C)n(C)n(-c2ccccc2)c1=O)c1c(C)n(C)n(-c2ccccc2)c1=O. The van der Waals surface area contributed by atoms with Gasteiger partial charge in [-0.05, 0) is 50.6 Å². The first-order chi connectivity index (χ1) is 19.4. The van der Waals surface area contributed by atoms with Crippen LogP contribution < -0.4 is 15.9 Å². The molecule has 3 aromatic carbocycles. The van der Waals surface area contributed by atoms with Gasteiger partial charge in [0.05, 0.1) is 35.0 Å². The van der Waals surface area contributed by atoms with Gasteiger partial charge < -0.3 is 4.74 Å². The van der Waals surface area contributed by atoms with Crippen molar-refractivity contribution in [2.75, 3.05) is 6.61 Å². The molecule has 2 aromatic heterocycles. The highest BCUT2D eigenvalue weighted by atomic mass is 16.5. The number of hydrogen-bond acceptors (Lipinski definition) is 3. The number of unbranched alkanes of at least 4 members (excludes halogenated alkanes) is 1. The molecule has 0 N–H and O–H groups in total. The molecule has 0 amide bonds. The minimum absolute atomic E-state index is 0.159. The van der Waals surface area contributed by atoms with E-state index in [0.717, 1.165) is 41.2 Å². The van der Waals surface area contributed by atoms with Crippen LogP contribution in [0.25, 0.3) is 11.4 Å². The molecule has 40 heavy (non-hydrogen) atoms. The lowest BCUT2D eigenvalue weighted by molar-refractivity contribution is 0.306. The molecule has 0 aliphatic carbocycles. The van der Waals surface area contributed by atoms with Crippen molar-refractivity contribution in [2.24, 2.45) is 14.1 Å². The zero-order valence-corrected chi connectivity index (χ0v) is 23.8. The van der Waals surface area contributed by atoms with Crippen LogP contribution in [0.1, 0.15) is 53.8 Å². The summed E-state index contributed by atoms with van der Waals surface area (Å²) in [5.74, 6) is 0.0499. The van der Waals surface area contributed by atoms with E-state index in [1.807, 2.05) is 122 Å². The van der Waals surface area contributed by atoms with Crippen molar-refractivity contribution in [1.82, 2.24) is 18.7 Å². The zero-order chi connectivity index (χ0) is 28.4. The molecular weight excluding hydrogens is 500 g/mol. The fraction of sp³-hybridized carbons (Fsp3) is 0.273. The van der Waals surface area contributed by atoms with Crippen LogP contribution in [0.3, 0.4) is 0 Å². The van der Waals surface area contributed by atoms with Crippen LogP contribution in [0.2, 0.25) is 0 Å². The molecule has 2 heterocycles. The maximum atomic E-state index is 14.3. The molecule has 5 rings (SSSR count). The van der Waals surface area contributed by atoms with Gasteiger partial charge in [-0.3, -0.25) is 19.0 Å². The van der Waals surface area contributed by atoms with E-state index in [4.69, 9.17) is 4.74 Å². The van der Waals surface area contributed by atoms with Gasteiger partial charge in [0.25, 0.3) is 11.1 Å². The van der Waals surface area contributed by atoms with Crippen molar-refractivity contribution in [1.29, 1.82) is 0 Å². The summed E-state index contributed by atoms with van der Waals surface area (Å²) in [5.41, 5.74) is 4.71. The predicted octanol–water partition coefficient (Wildman–Crippen LogP) is 5.64. The summed E-state index contributed by atoms with van der Waals surface area (Å²) in [6.45, 7) is 6.57. The lowest BCUT2D eigenvalue weighted by atomic mass is 9.84. The summed E-state index contributed by atoms with van der Waals surface area (Å²) in [6, 6.07) is 27.0. The monoisotopic (exact) mass is 536 g/mol. The van der Waals surface area contributed by atoms with Crippen LogP contribution in [-0.2, 0) is 14.1 Å². The molecule has 0 aliphatic rings. The first kappa shape index (κ1) is 27.1. The summed E-state index contributed by atoms with van der Waals surface area (Å²) >= 11 is 0. The van der Waals surface area contributed by atoms with Crippen molar-refractivity contribution < 1.29 is 4.74 Å². The Morgan fingerprint density at radius 3 is 1.60 bits per heavy atom. The highest BCUT2D eigenvalue weighted by molar-refractivity contribution is 5.52. The van der Waals surface area contributed by atoms with Gasteiger partial charge in [-0.25, -0.2) is 9.36 Å². The van der Waals surface area contributed by atoms with Gasteiger partial charge in [-0.15, -0.1) is 0 Å². The first-order valence-corrected chi connectivity index (χ1v) is 13.8. The number of hydrogen-bond donors (Lipinski definition) is 0. The molecule has 0 unspecified atom stereocenters. The predicted molar refractivity (Wildman–Crippen MR) is 159 cm³/mol. The van der Waals surface area contributed by atoms with E-state index < -0.39 is 5.92 Å². The number of rotatable bonds is 9. The van der Waals surface area contributed by atoms with Crippen molar-refractivity contribution in [3.8, 4) is 17.1 Å². The second-order valence-electron chi connectivity index (χ2n) is 10.1. The highest BCUT2D eigenvalue weighted by Gasteiger charge is 2.34. The normalized spacial score (nSPS) is 11.3. The van der Waals surface area contributed by atoms with E-state index in [1.165, 1.54) is 0 Å². The Morgan fingerprint density at radius 2 is 1.12 bits per heavy atom. The molecule has 7 nitrogen and oxygen atoms in total. The standard InChI is InChI=1S/C33H36N4O3/c1-6-7-22-40-28-21-15-14-20-27(28)31(29-23(2)34(4)36(32(29)38)25-16-10-8-11-17-25)30-24(3)35(5)37(33(30)39)26-18-12-9-13-19-26/h8-21,31H,6-7,22H2,1-5H3. The smallest absolute Gasteiger partial charge is 0.275 e. The van der Waals surface area contributed by atoms with Gasteiger partial charge in [-0.1, -0.05) is 67.9 Å². The molecule has 0 saturated carbocycles. The molecule has 0 fully saturated rings. The van der Waals surface area contributed by atoms with E-state index in [2.05, 4.69) is 6.92 Å². The lowest BCUT2D eigenvalue weighted by Crippen LogP contribution is -2.26. The molecule has 7 heteroatoms. The minimum Gasteiger partial charge on any atom is -0.493 e. The average molecular weight is 537 g/mol. The van der Waals surface area contributed by atoms with Gasteiger partial charge in [-0.2, -0.15) is 0 Å². The van der Waals surface area contributed by atoms with Gasteiger partial charge in [0, 0.05) is 31.0 Å². The minimum atomic E-state index is -0.634. The fourth-order valence-electron chi connectivity index (χ4n) is 5.48. The second kappa shape index (κ2) is 11.3. The summed E-state index contributed by atoms with van der Waals surface area (Å²) < 4.78 is 13.4.